The maximum atomic E-state index is 5.95. The molecule has 1 saturated heterocycles. The summed E-state index contributed by atoms with van der Waals surface area (Å²) in [7, 11) is 0. The fraction of sp³-hybridized carbons (Fsp3) is 0.571. The van der Waals surface area contributed by atoms with Gasteiger partial charge in [-0.1, -0.05) is 26.0 Å². The van der Waals surface area contributed by atoms with E-state index in [1.54, 1.807) is 0 Å². The van der Waals surface area contributed by atoms with Crippen LogP contribution in [0, 0.1) is 0 Å². The molecular weight excluding hydrogens is 198 g/mol. The van der Waals surface area contributed by atoms with Crippen LogP contribution in [-0.2, 0) is 0 Å². The molecule has 0 aromatic heterocycles. The zero-order valence-electron chi connectivity index (χ0n) is 10.2. The number of hydrogen-bond acceptors (Lipinski definition) is 2. The Bertz CT molecular complexity index is 312. The van der Waals surface area contributed by atoms with E-state index in [1.807, 2.05) is 0 Å². The normalized spacial score (nSPS) is 17.7. The second-order valence-corrected chi connectivity index (χ2v) is 4.79. The monoisotopic (exact) mass is 219 g/mol. The van der Waals surface area contributed by atoms with Crippen LogP contribution in [0.5, 0.6) is 5.75 Å². The molecule has 0 spiro atoms. The lowest BCUT2D eigenvalue weighted by atomic mass is 10.0. The Kier molecular flexibility index (Phi) is 3.83. The molecule has 0 radical (unpaired) electrons. The van der Waals surface area contributed by atoms with Crippen LogP contribution in [0.1, 0.15) is 38.2 Å². The largest absolute Gasteiger partial charge is 0.490 e. The summed E-state index contributed by atoms with van der Waals surface area (Å²) in [6, 6.07) is 8.52. The van der Waals surface area contributed by atoms with Gasteiger partial charge >= 0.3 is 0 Å². The van der Waals surface area contributed by atoms with Gasteiger partial charge in [-0.05, 0) is 49.5 Å². The fourth-order valence-corrected chi connectivity index (χ4v) is 2.04. The van der Waals surface area contributed by atoms with Gasteiger partial charge in [-0.2, -0.15) is 0 Å². The molecule has 1 aliphatic rings. The van der Waals surface area contributed by atoms with Gasteiger partial charge in [0.25, 0.3) is 0 Å². The van der Waals surface area contributed by atoms with Crippen molar-refractivity contribution in [3.05, 3.63) is 29.8 Å². The standard InChI is InChI=1S/C14H21NO/c1-11(2)12-3-5-13(6-4-12)16-14-7-9-15-10-8-14/h3-6,11,14-15H,7-10H2,1-2H3. The number of ether oxygens (including phenoxy) is 1. The van der Waals surface area contributed by atoms with Crippen molar-refractivity contribution in [2.45, 2.75) is 38.7 Å². The average Bonchev–Trinajstić information content (AvgIpc) is 2.31. The summed E-state index contributed by atoms with van der Waals surface area (Å²) in [6.07, 6.45) is 2.63. The molecule has 16 heavy (non-hydrogen) atoms. The first-order valence-electron chi connectivity index (χ1n) is 6.23. The highest BCUT2D eigenvalue weighted by molar-refractivity contribution is 5.29. The third-order valence-electron chi connectivity index (χ3n) is 3.14. The van der Waals surface area contributed by atoms with Gasteiger partial charge < -0.3 is 10.1 Å². The van der Waals surface area contributed by atoms with Gasteiger partial charge in [0.15, 0.2) is 0 Å². The van der Waals surface area contributed by atoms with E-state index in [4.69, 9.17) is 4.74 Å². The van der Waals surface area contributed by atoms with E-state index in [0.717, 1.165) is 31.7 Å². The fourth-order valence-electron chi connectivity index (χ4n) is 2.04. The summed E-state index contributed by atoms with van der Waals surface area (Å²) in [5.41, 5.74) is 1.37. The van der Waals surface area contributed by atoms with Crippen molar-refractivity contribution < 1.29 is 4.74 Å². The minimum atomic E-state index is 0.395. The first-order valence-corrected chi connectivity index (χ1v) is 6.23. The number of piperidine rings is 1. The molecule has 1 fully saturated rings. The van der Waals surface area contributed by atoms with E-state index >= 15 is 0 Å². The van der Waals surface area contributed by atoms with Crippen LogP contribution < -0.4 is 10.1 Å². The molecule has 0 aliphatic carbocycles. The van der Waals surface area contributed by atoms with Crippen LogP contribution in [0.15, 0.2) is 24.3 Å². The lowest BCUT2D eigenvalue weighted by molar-refractivity contribution is 0.162. The maximum absolute atomic E-state index is 5.95. The summed E-state index contributed by atoms with van der Waals surface area (Å²) >= 11 is 0. The highest BCUT2D eigenvalue weighted by Gasteiger charge is 2.14. The van der Waals surface area contributed by atoms with Crippen molar-refractivity contribution in [2.75, 3.05) is 13.1 Å². The number of benzene rings is 1. The highest BCUT2D eigenvalue weighted by atomic mass is 16.5. The molecule has 2 rings (SSSR count). The molecule has 1 aliphatic heterocycles. The lowest BCUT2D eigenvalue weighted by Crippen LogP contribution is -2.34. The zero-order chi connectivity index (χ0) is 11.4. The molecule has 88 valence electrons. The van der Waals surface area contributed by atoms with Crippen LogP contribution >= 0.6 is 0 Å². The lowest BCUT2D eigenvalue weighted by Gasteiger charge is -2.24. The third-order valence-corrected chi connectivity index (χ3v) is 3.14. The topological polar surface area (TPSA) is 21.3 Å². The smallest absolute Gasteiger partial charge is 0.119 e. The maximum Gasteiger partial charge on any atom is 0.119 e. The molecule has 2 nitrogen and oxygen atoms in total. The Morgan fingerprint density at radius 3 is 2.31 bits per heavy atom. The van der Waals surface area contributed by atoms with E-state index in [-0.39, 0.29) is 0 Å². The predicted octanol–water partition coefficient (Wildman–Crippen LogP) is 2.94. The Labute approximate surface area is 98.0 Å². The average molecular weight is 219 g/mol. The van der Waals surface area contributed by atoms with Gasteiger partial charge in [-0.25, -0.2) is 0 Å². The molecule has 2 heteroatoms. The van der Waals surface area contributed by atoms with Crippen molar-refractivity contribution in [2.24, 2.45) is 0 Å². The van der Waals surface area contributed by atoms with Gasteiger partial charge in [0, 0.05) is 0 Å². The van der Waals surface area contributed by atoms with Gasteiger partial charge in [-0.15, -0.1) is 0 Å². The van der Waals surface area contributed by atoms with Crippen molar-refractivity contribution >= 4 is 0 Å². The second kappa shape index (κ2) is 5.35. The Morgan fingerprint density at radius 2 is 1.75 bits per heavy atom. The van der Waals surface area contributed by atoms with Crippen molar-refractivity contribution in [1.82, 2.24) is 5.32 Å². The minimum Gasteiger partial charge on any atom is -0.490 e. The third kappa shape index (κ3) is 2.99. The molecule has 0 saturated carbocycles. The number of hydrogen-bond donors (Lipinski definition) is 1. The van der Waals surface area contributed by atoms with Crippen molar-refractivity contribution in [3.63, 3.8) is 0 Å². The minimum absolute atomic E-state index is 0.395. The molecule has 0 unspecified atom stereocenters. The number of nitrogens with one attached hydrogen (secondary N) is 1. The van der Waals surface area contributed by atoms with Crippen LogP contribution in [0.25, 0.3) is 0 Å². The van der Waals surface area contributed by atoms with Crippen molar-refractivity contribution in [3.8, 4) is 5.75 Å². The summed E-state index contributed by atoms with van der Waals surface area (Å²) in [4.78, 5) is 0. The van der Waals surface area contributed by atoms with Crippen LogP contribution in [-0.4, -0.2) is 19.2 Å². The highest BCUT2D eigenvalue weighted by Crippen LogP contribution is 2.21. The predicted molar refractivity (Wildman–Crippen MR) is 67.1 cm³/mol. The molecule has 1 heterocycles. The summed E-state index contributed by atoms with van der Waals surface area (Å²) in [6.45, 7) is 6.58. The summed E-state index contributed by atoms with van der Waals surface area (Å²) < 4.78 is 5.95. The van der Waals surface area contributed by atoms with Gasteiger partial charge in [-0.3, -0.25) is 0 Å². The molecule has 0 bridgehead atoms. The van der Waals surface area contributed by atoms with Gasteiger partial charge in [0.05, 0.1) is 0 Å². The molecule has 1 N–H and O–H groups in total. The number of rotatable bonds is 3. The van der Waals surface area contributed by atoms with E-state index < -0.39 is 0 Å². The van der Waals surface area contributed by atoms with E-state index in [2.05, 4.69) is 43.4 Å². The van der Waals surface area contributed by atoms with Crippen molar-refractivity contribution in [1.29, 1.82) is 0 Å². The first-order chi connectivity index (χ1) is 7.75. The quantitative estimate of drug-likeness (QED) is 0.844. The van der Waals surface area contributed by atoms with E-state index in [0.29, 0.717) is 12.0 Å². The Hall–Kier alpha value is -1.02. The van der Waals surface area contributed by atoms with Crippen LogP contribution in [0.4, 0.5) is 0 Å². The van der Waals surface area contributed by atoms with E-state index in [9.17, 15) is 0 Å². The molecular formula is C14H21NO. The molecule has 1 aromatic rings. The van der Waals surface area contributed by atoms with E-state index in [1.165, 1.54) is 5.56 Å². The van der Waals surface area contributed by atoms with Crippen LogP contribution in [0.3, 0.4) is 0 Å². The molecule has 1 aromatic carbocycles. The van der Waals surface area contributed by atoms with Gasteiger partial charge in [0.2, 0.25) is 0 Å². The SMILES string of the molecule is CC(C)c1ccc(OC2CCNCC2)cc1. The summed E-state index contributed by atoms with van der Waals surface area (Å²) in [5, 5.41) is 3.34. The zero-order valence-corrected chi connectivity index (χ0v) is 10.2. The molecule has 0 amide bonds. The summed E-state index contributed by atoms with van der Waals surface area (Å²) in [5.74, 6) is 1.60. The van der Waals surface area contributed by atoms with Crippen LogP contribution in [0.2, 0.25) is 0 Å². The molecule has 0 atom stereocenters. The van der Waals surface area contributed by atoms with Gasteiger partial charge in [0.1, 0.15) is 11.9 Å². The first kappa shape index (κ1) is 11.5. The Morgan fingerprint density at radius 1 is 1.12 bits per heavy atom. The second-order valence-electron chi connectivity index (χ2n) is 4.79. The Balaban J connectivity index is 1.93.